The molecule has 88 valence electrons. The Morgan fingerprint density at radius 1 is 1.53 bits per heavy atom. The number of nitrogen functional groups attached to an aromatic ring is 1. The average molecular weight is 252 g/mol. The normalized spacial score (nSPS) is 10.5. The lowest BCUT2D eigenvalue weighted by atomic mass is 10.1. The van der Waals surface area contributed by atoms with Crippen molar-refractivity contribution >= 4 is 17.4 Å². The van der Waals surface area contributed by atoms with Gasteiger partial charge in [0.15, 0.2) is 0 Å². The number of halogens is 2. The van der Waals surface area contributed by atoms with Crippen LogP contribution in [0.3, 0.4) is 0 Å². The van der Waals surface area contributed by atoms with Crippen LogP contribution >= 0.6 is 11.6 Å². The second-order valence-electron chi connectivity index (χ2n) is 3.54. The van der Waals surface area contributed by atoms with Crippen molar-refractivity contribution in [3.8, 4) is 11.3 Å². The van der Waals surface area contributed by atoms with Crippen LogP contribution < -0.4 is 5.73 Å². The van der Waals surface area contributed by atoms with Gasteiger partial charge >= 0.3 is 0 Å². The van der Waals surface area contributed by atoms with Gasteiger partial charge in [0, 0.05) is 12.1 Å². The molecule has 0 saturated carbocycles. The van der Waals surface area contributed by atoms with E-state index in [1.807, 2.05) is 0 Å². The van der Waals surface area contributed by atoms with E-state index in [0.717, 1.165) is 0 Å². The molecular weight excluding hydrogens is 241 g/mol. The third-order valence-electron chi connectivity index (χ3n) is 2.39. The molecule has 2 aromatic rings. The molecular formula is C12H11ClFN3. The molecule has 0 bridgehead atoms. The number of nitrogens with zero attached hydrogens (tertiary/aromatic N) is 2. The standard InChI is InChI=1S/C12H11ClFN3/c1-2-5-17-7-16-11(12(17)15)9-4-3-8(14)6-10(9)13/h2-4,6-7H,1,5,15H2. The minimum atomic E-state index is -0.386. The van der Waals surface area contributed by atoms with Gasteiger partial charge in [-0.05, 0) is 18.2 Å². The maximum absolute atomic E-state index is 12.9. The maximum atomic E-state index is 12.9. The quantitative estimate of drug-likeness (QED) is 0.852. The van der Waals surface area contributed by atoms with Crippen LogP contribution in [0.4, 0.5) is 10.2 Å². The molecule has 0 amide bonds. The second kappa shape index (κ2) is 4.59. The molecule has 0 fully saturated rings. The Bertz CT molecular complexity index is 563. The first-order valence-corrected chi connectivity index (χ1v) is 5.38. The molecule has 1 aromatic heterocycles. The summed E-state index contributed by atoms with van der Waals surface area (Å²) in [6, 6.07) is 4.13. The van der Waals surface area contributed by atoms with Crippen molar-refractivity contribution in [2.45, 2.75) is 6.54 Å². The van der Waals surface area contributed by atoms with Gasteiger partial charge in [0.25, 0.3) is 0 Å². The van der Waals surface area contributed by atoms with E-state index in [0.29, 0.717) is 28.6 Å². The number of imidazole rings is 1. The van der Waals surface area contributed by atoms with Gasteiger partial charge in [-0.25, -0.2) is 9.37 Å². The average Bonchev–Trinajstić information content (AvgIpc) is 2.62. The van der Waals surface area contributed by atoms with E-state index in [1.165, 1.54) is 12.1 Å². The van der Waals surface area contributed by atoms with Gasteiger partial charge in [-0.1, -0.05) is 17.7 Å². The van der Waals surface area contributed by atoms with Crippen LogP contribution in [0.5, 0.6) is 0 Å². The number of anilines is 1. The van der Waals surface area contributed by atoms with Crippen molar-refractivity contribution in [1.29, 1.82) is 0 Å². The predicted octanol–water partition coefficient (Wildman–Crippen LogP) is 3.11. The summed E-state index contributed by atoms with van der Waals surface area (Å²) < 4.78 is 14.7. The lowest BCUT2D eigenvalue weighted by Crippen LogP contribution is -2.00. The van der Waals surface area contributed by atoms with E-state index in [2.05, 4.69) is 11.6 Å². The SMILES string of the molecule is C=CCn1cnc(-c2ccc(F)cc2Cl)c1N. The summed E-state index contributed by atoms with van der Waals surface area (Å²) >= 11 is 5.96. The van der Waals surface area contributed by atoms with Crippen LogP contribution in [0, 0.1) is 5.82 Å². The Morgan fingerprint density at radius 3 is 2.94 bits per heavy atom. The fourth-order valence-electron chi connectivity index (χ4n) is 1.57. The molecule has 1 aromatic carbocycles. The maximum Gasteiger partial charge on any atom is 0.131 e. The molecule has 0 aliphatic rings. The van der Waals surface area contributed by atoms with Gasteiger partial charge in [-0.15, -0.1) is 6.58 Å². The summed E-state index contributed by atoms with van der Waals surface area (Å²) in [5.74, 6) is 0.0984. The molecule has 3 nitrogen and oxygen atoms in total. The van der Waals surface area contributed by atoms with Gasteiger partial charge < -0.3 is 10.3 Å². The predicted molar refractivity (Wildman–Crippen MR) is 67.2 cm³/mol. The van der Waals surface area contributed by atoms with Gasteiger partial charge in [-0.3, -0.25) is 0 Å². The van der Waals surface area contributed by atoms with Crippen LogP contribution in [0.1, 0.15) is 0 Å². The molecule has 0 unspecified atom stereocenters. The highest BCUT2D eigenvalue weighted by Gasteiger charge is 2.12. The summed E-state index contributed by atoms with van der Waals surface area (Å²) in [5.41, 5.74) is 7.10. The summed E-state index contributed by atoms with van der Waals surface area (Å²) in [6.45, 7) is 4.20. The monoisotopic (exact) mass is 251 g/mol. The second-order valence-corrected chi connectivity index (χ2v) is 3.95. The fraction of sp³-hybridized carbons (Fsp3) is 0.0833. The highest BCUT2D eigenvalue weighted by Crippen LogP contribution is 2.31. The van der Waals surface area contributed by atoms with Crippen molar-refractivity contribution in [3.05, 3.63) is 48.0 Å². The van der Waals surface area contributed by atoms with Crippen LogP contribution in [0.25, 0.3) is 11.3 Å². The third-order valence-corrected chi connectivity index (χ3v) is 2.70. The molecule has 1 heterocycles. The fourth-order valence-corrected chi connectivity index (χ4v) is 1.82. The number of hydrogen-bond donors (Lipinski definition) is 1. The molecule has 0 spiro atoms. The van der Waals surface area contributed by atoms with Gasteiger partial charge in [0.05, 0.1) is 11.3 Å². The lowest BCUT2D eigenvalue weighted by molar-refractivity contribution is 0.628. The molecule has 0 radical (unpaired) electrons. The van der Waals surface area contributed by atoms with Gasteiger partial charge in [-0.2, -0.15) is 0 Å². The molecule has 0 saturated heterocycles. The zero-order valence-electron chi connectivity index (χ0n) is 9.03. The number of benzene rings is 1. The summed E-state index contributed by atoms with van der Waals surface area (Å²) in [5, 5.41) is 0.292. The smallest absolute Gasteiger partial charge is 0.131 e. The Balaban J connectivity index is 2.49. The Kier molecular flexibility index (Phi) is 3.15. The topological polar surface area (TPSA) is 43.8 Å². The van der Waals surface area contributed by atoms with Crippen molar-refractivity contribution in [1.82, 2.24) is 9.55 Å². The molecule has 17 heavy (non-hydrogen) atoms. The molecule has 0 aliphatic heterocycles. The number of aromatic nitrogens is 2. The van der Waals surface area contributed by atoms with Crippen LogP contribution in [0.15, 0.2) is 37.2 Å². The first-order chi connectivity index (χ1) is 8.13. The highest BCUT2D eigenvalue weighted by atomic mass is 35.5. The van der Waals surface area contributed by atoms with E-state index in [-0.39, 0.29) is 5.82 Å². The van der Waals surface area contributed by atoms with E-state index >= 15 is 0 Å². The lowest BCUT2D eigenvalue weighted by Gasteiger charge is -2.04. The van der Waals surface area contributed by atoms with Gasteiger partial charge in [0.1, 0.15) is 17.3 Å². The first-order valence-electron chi connectivity index (χ1n) is 5.00. The van der Waals surface area contributed by atoms with E-state index in [1.54, 1.807) is 23.0 Å². The van der Waals surface area contributed by atoms with Crippen molar-refractivity contribution in [2.24, 2.45) is 0 Å². The molecule has 0 aliphatic carbocycles. The summed E-state index contributed by atoms with van der Waals surface area (Å²) in [6.07, 6.45) is 3.32. The molecule has 2 N–H and O–H groups in total. The zero-order valence-corrected chi connectivity index (χ0v) is 9.78. The Hall–Kier alpha value is -1.81. The molecule has 2 rings (SSSR count). The van der Waals surface area contributed by atoms with Crippen molar-refractivity contribution in [3.63, 3.8) is 0 Å². The Morgan fingerprint density at radius 2 is 2.29 bits per heavy atom. The molecule has 0 atom stereocenters. The van der Waals surface area contributed by atoms with E-state index < -0.39 is 0 Å². The summed E-state index contributed by atoms with van der Waals surface area (Å²) in [7, 11) is 0. The minimum absolute atomic E-state index is 0.292. The number of hydrogen-bond acceptors (Lipinski definition) is 2. The van der Waals surface area contributed by atoms with Crippen molar-refractivity contribution in [2.75, 3.05) is 5.73 Å². The number of allylic oxidation sites excluding steroid dienone is 1. The largest absolute Gasteiger partial charge is 0.383 e. The summed E-state index contributed by atoms with van der Waals surface area (Å²) in [4.78, 5) is 4.18. The highest BCUT2D eigenvalue weighted by molar-refractivity contribution is 6.33. The molecule has 5 heteroatoms. The minimum Gasteiger partial charge on any atom is -0.383 e. The number of rotatable bonds is 3. The first kappa shape index (κ1) is 11.7. The van der Waals surface area contributed by atoms with E-state index in [9.17, 15) is 4.39 Å². The Labute approximate surface area is 103 Å². The number of nitrogens with two attached hydrogens (primary N) is 1. The van der Waals surface area contributed by atoms with Gasteiger partial charge in [0.2, 0.25) is 0 Å². The van der Waals surface area contributed by atoms with Crippen LogP contribution in [-0.2, 0) is 6.54 Å². The zero-order chi connectivity index (χ0) is 12.4. The van der Waals surface area contributed by atoms with Crippen LogP contribution in [-0.4, -0.2) is 9.55 Å². The third kappa shape index (κ3) is 2.17. The van der Waals surface area contributed by atoms with Crippen molar-refractivity contribution < 1.29 is 4.39 Å². The van der Waals surface area contributed by atoms with Crippen LogP contribution in [0.2, 0.25) is 5.02 Å². The van der Waals surface area contributed by atoms with E-state index in [4.69, 9.17) is 17.3 Å².